The summed E-state index contributed by atoms with van der Waals surface area (Å²) in [6.07, 6.45) is 1.29. The van der Waals surface area contributed by atoms with Gasteiger partial charge in [-0.15, -0.1) is 23.2 Å². The van der Waals surface area contributed by atoms with Crippen LogP contribution in [0.3, 0.4) is 0 Å². The van der Waals surface area contributed by atoms with E-state index in [1.54, 1.807) is 6.92 Å². The van der Waals surface area contributed by atoms with Crippen LogP contribution in [0.15, 0.2) is 23.3 Å². The molecule has 2 N–H and O–H groups in total. The van der Waals surface area contributed by atoms with Gasteiger partial charge in [0.25, 0.3) is 0 Å². The molecule has 0 bridgehead atoms. The van der Waals surface area contributed by atoms with E-state index in [0.717, 1.165) is 0 Å². The molecule has 0 amide bonds. The van der Waals surface area contributed by atoms with E-state index in [-0.39, 0.29) is 24.4 Å². The second-order valence-corrected chi connectivity index (χ2v) is 5.02. The molecule has 0 aromatic carbocycles. The number of hydrogen-bond donors (Lipinski definition) is 2. The first-order valence-electron chi connectivity index (χ1n) is 5.16. The smallest absolute Gasteiger partial charge is 0.341 e. The minimum atomic E-state index is -1.05. The van der Waals surface area contributed by atoms with Crippen molar-refractivity contribution in [2.45, 2.75) is 17.3 Å². The summed E-state index contributed by atoms with van der Waals surface area (Å²) in [5.41, 5.74) is -1.09. The van der Waals surface area contributed by atoms with Crippen LogP contribution in [-0.2, 0) is 9.53 Å². The molecule has 1 unspecified atom stereocenters. The predicted octanol–water partition coefficient (Wildman–Crippen LogP) is 2.18. The van der Waals surface area contributed by atoms with Crippen LogP contribution < -0.4 is 10.6 Å². The highest BCUT2D eigenvalue weighted by atomic mass is 35.5. The molecule has 1 rings (SSSR count). The molecule has 0 aliphatic carbocycles. The molecule has 0 aromatic heterocycles. The standard InChI is InChI=1S/C10H12Cl3FN2O2/c1-2-18-10(17)5-3-16-9(13)7(14)8(5)15-4-6(11)12/h3,6,9,15-16H,2,4H2,1H3. The van der Waals surface area contributed by atoms with Crippen LogP contribution in [0.4, 0.5) is 4.39 Å². The fraction of sp³-hybridized carbons (Fsp3) is 0.500. The molecular formula is C10H12Cl3FN2O2. The van der Waals surface area contributed by atoms with Gasteiger partial charge in [0.05, 0.1) is 12.3 Å². The van der Waals surface area contributed by atoms with Crippen LogP contribution >= 0.6 is 34.8 Å². The maximum absolute atomic E-state index is 13.8. The predicted molar refractivity (Wildman–Crippen MR) is 69.1 cm³/mol. The van der Waals surface area contributed by atoms with Gasteiger partial charge in [0, 0.05) is 12.7 Å². The third-order valence-electron chi connectivity index (χ3n) is 2.03. The first-order valence-corrected chi connectivity index (χ1v) is 6.47. The topological polar surface area (TPSA) is 50.4 Å². The van der Waals surface area contributed by atoms with Gasteiger partial charge in [-0.05, 0) is 6.92 Å². The first-order chi connectivity index (χ1) is 8.47. The van der Waals surface area contributed by atoms with Gasteiger partial charge >= 0.3 is 5.97 Å². The molecule has 4 nitrogen and oxygen atoms in total. The lowest BCUT2D eigenvalue weighted by Crippen LogP contribution is -2.34. The molecule has 102 valence electrons. The Bertz CT molecular complexity index is 385. The van der Waals surface area contributed by atoms with Gasteiger partial charge in [0.15, 0.2) is 11.3 Å². The zero-order valence-corrected chi connectivity index (χ0v) is 11.7. The number of hydrogen-bond acceptors (Lipinski definition) is 4. The van der Waals surface area contributed by atoms with E-state index in [4.69, 9.17) is 39.5 Å². The number of rotatable bonds is 5. The largest absolute Gasteiger partial charge is 0.462 e. The number of esters is 1. The van der Waals surface area contributed by atoms with Gasteiger partial charge in [-0.1, -0.05) is 11.6 Å². The van der Waals surface area contributed by atoms with Crippen LogP contribution in [0.1, 0.15) is 6.92 Å². The summed E-state index contributed by atoms with van der Waals surface area (Å²) >= 11 is 16.8. The highest BCUT2D eigenvalue weighted by Crippen LogP contribution is 2.24. The average Bonchev–Trinajstić information content (AvgIpc) is 2.31. The Morgan fingerprint density at radius 2 is 2.33 bits per heavy atom. The Morgan fingerprint density at radius 3 is 2.89 bits per heavy atom. The molecule has 0 radical (unpaired) electrons. The number of nitrogens with one attached hydrogen (secondary N) is 2. The van der Waals surface area contributed by atoms with E-state index < -0.39 is 22.1 Å². The van der Waals surface area contributed by atoms with E-state index in [0.29, 0.717) is 0 Å². The summed E-state index contributed by atoms with van der Waals surface area (Å²) in [7, 11) is 0. The molecular weight excluding hydrogens is 305 g/mol. The zero-order valence-electron chi connectivity index (χ0n) is 9.47. The molecule has 1 atom stereocenters. The van der Waals surface area contributed by atoms with Crippen LogP contribution in [0.25, 0.3) is 0 Å². The summed E-state index contributed by atoms with van der Waals surface area (Å²) in [6, 6.07) is 0. The third kappa shape index (κ3) is 3.93. The molecule has 0 fully saturated rings. The molecule has 0 saturated carbocycles. The summed E-state index contributed by atoms with van der Waals surface area (Å²) in [5.74, 6) is -1.37. The molecule has 18 heavy (non-hydrogen) atoms. The second kappa shape index (κ2) is 7.07. The SMILES string of the molecule is CCOC(=O)C1=CNC(Cl)C(F)=C1NCC(Cl)Cl. The van der Waals surface area contributed by atoms with E-state index in [9.17, 15) is 9.18 Å². The van der Waals surface area contributed by atoms with Crippen molar-refractivity contribution in [2.75, 3.05) is 13.2 Å². The molecule has 0 spiro atoms. The number of carbonyl (C=O) groups is 1. The molecule has 1 aliphatic rings. The normalized spacial score (nSPS) is 19.4. The number of carbonyl (C=O) groups excluding carboxylic acids is 1. The lowest BCUT2D eigenvalue weighted by atomic mass is 10.1. The van der Waals surface area contributed by atoms with Crippen LogP contribution in [-0.4, -0.2) is 29.5 Å². The van der Waals surface area contributed by atoms with Crippen molar-refractivity contribution in [1.82, 2.24) is 10.6 Å². The lowest BCUT2D eigenvalue weighted by Gasteiger charge is -2.22. The highest BCUT2D eigenvalue weighted by molar-refractivity contribution is 6.44. The monoisotopic (exact) mass is 316 g/mol. The van der Waals surface area contributed by atoms with E-state index in [1.165, 1.54) is 6.20 Å². The van der Waals surface area contributed by atoms with Gasteiger partial charge in [-0.3, -0.25) is 0 Å². The number of halogens is 4. The average molecular weight is 318 g/mol. The fourth-order valence-corrected chi connectivity index (χ4v) is 1.61. The van der Waals surface area contributed by atoms with E-state index in [2.05, 4.69) is 10.6 Å². The van der Waals surface area contributed by atoms with Crippen molar-refractivity contribution in [3.63, 3.8) is 0 Å². The summed E-state index contributed by atoms with van der Waals surface area (Å²) in [5, 5.41) is 5.14. The quantitative estimate of drug-likeness (QED) is 0.463. The Labute approximate surface area is 119 Å². The van der Waals surface area contributed by atoms with Crippen molar-refractivity contribution in [1.29, 1.82) is 0 Å². The molecule has 1 aliphatic heterocycles. The first kappa shape index (κ1) is 15.4. The van der Waals surface area contributed by atoms with Gasteiger partial charge in [-0.2, -0.15) is 0 Å². The highest BCUT2D eigenvalue weighted by Gasteiger charge is 2.28. The Kier molecular flexibility index (Phi) is 6.05. The van der Waals surface area contributed by atoms with Crippen molar-refractivity contribution in [3.05, 3.63) is 23.3 Å². The van der Waals surface area contributed by atoms with E-state index in [1.807, 2.05) is 0 Å². The molecule has 1 heterocycles. The van der Waals surface area contributed by atoms with Gasteiger partial charge in [0.1, 0.15) is 10.4 Å². The maximum Gasteiger partial charge on any atom is 0.341 e. The van der Waals surface area contributed by atoms with Gasteiger partial charge in [-0.25, -0.2) is 9.18 Å². The van der Waals surface area contributed by atoms with Crippen molar-refractivity contribution < 1.29 is 13.9 Å². The number of alkyl halides is 3. The van der Waals surface area contributed by atoms with Crippen molar-refractivity contribution in [3.8, 4) is 0 Å². The summed E-state index contributed by atoms with van der Waals surface area (Å²) < 4.78 is 18.6. The summed E-state index contributed by atoms with van der Waals surface area (Å²) in [6.45, 7) is 1.91. The van der Waals surface area contributed by atoms with E-state index >= 15 is 0 Å². The van der Waals surface area contributed by atoms with Crippen molar-refractivity contribution in [2.24, 2.45) is 0 Å². The molecule has 0 saturated heterocycles. The Balaban J connectivity index is 2.90. The minimum absolute atomic E-state index is 0.0141. The molecule has 0 aromatic rings. The van der Waals surface area contributed by atoms with Crippen LogP contribution in [0, 0.1) is 0 Å². The van der Waals surface area contributed by atoms with Gasteiger partial charge in [0.2, 0.25) is 0 Å². The third-order valence-corrected chi connectivity index (χ3v) is 2.66. The summed E-state index contributed by atoms with van der Waals surface area (Å²) in [4.78, 5) is 10.9. The Hall–Kier alpha value is -0.650. The Morgan fingerprint density at radius 1 is 1.67 bits per heavy atom. The minimum Gasteiger partial charge on any atom is -0.462 e. The van der Waals surface area contributed by atoms with Crippen molar-refractivity contribution >= 4 is 40.8 Å². The lowest BCUT2D eigenvalue weighted by molar-refractivity contribution is -0.138. The number of dihydropyridines is 1. The second-order valence-electron chi connectivity index (χ2n) is 3.30. The van der Waals surface area contributed by atoms with Crippen LogP contribution in [0.2, 0.25) is 0 Å². The van der Waals surface area contributed by atoms with Gasteiger partial charge < -0.3 is 15.4 Å². The maximum atomic E-state index is 13.8. The molecule has 8 heteroatoms. The zero-order chi connectivity index (χ0) is 13.7. The van der Waals surface area contributed by atoms with Crippen LogP contribution in [0.5, 0.6) is 0 Å². The number of ether oxygens (including phenoxy) is 1. The fourth-order valence-electron chi connectivity index (χ4n) is 1.29.